The molecule has 0 saturated carbocycles. The highest BCUT2D eigenvalue weighted by Crippen LogP contribution is 2.19. The fourth-order valence-electron chi connectivity index (χ4n) is 2.36. The van der Waals surface area contributed by atoms with E-state index in [9.17, 15) is 4.79 Å². The van der Waals surface area contributed by atoms with Crippen molar-refractivity contribution in [2.45, 2.75) is 20.4 Å². The van der Waals surface area contributed by atoms with Crippen LogP contribution >= 0.6 is 11.6 Å². The van der Waals surface area contributed by atoms with Crippen LogP contribution in [-0.2, 0) is 11.3 Å². The number of rotatable bonds is 9. The molecule has 0 aliphatic heterocycles. The van der Waals surface area contributed by atoms with Gasteiger partial charge in [0.05, 0.1) is 30.6 Å². The van der Waals surface area contributed by atoms with Crippen LogP contribution in [0, 0.1) is 0 Å². The van der Waals surface area contributed by atoms with Gasteiger partial charge in [0.1, 0.15) is 5.76 Å². The average molecular weight is 367 g/mol. The first-order valence-corrected chi connectivity index (χ1v) is 8.56. The molecule has 0 aromatic carbocycles. The van der Waals surface area contributed by atoms with Crippen molar-refractivity contribution in [2.75, 3.05) is 38.3 Å². The number of nitrogens with zero attached hydrogens (tertiary/aromatic N) is 4. The summed E-state index contributed by atoms with van der Waals surface area (Å²) in [6, 6.07) is 3.60. The normalized spacial score (nSPS) is 10.7. The smallest absolute Gasteiger partial charge is 0.274 e. The highest BCUT2D eigenvalue weighted by Gasteiger charge is 2.23. The maximum absolute atomic E-state index is 13.0. The van der Waals surface area contributed by atoms with Crippen LogP contribution in [0.3, 0.4) is 0 Å². The van der Waals surface area contributed by atoms with Crippen LogP contribution in [-0.4, -0.2) is 54.1 Å². The summed E-state index contributed by atoms with van der Waals surface area (Å²) in [6.45, 7) is 6.61. The number of amides is 1. The summed E-state index contributed by atoms with van der Waals surface area (Å²) >= 11 is 6.20. The summed E-state index contributed by atoms with van der Waals surface area (Å²) in [4.78, 5) is 25.2. The average Bonchev–Trinajstić information content (AvgIpc) is 3.13. The van der Waals surface area contributed by atoms with Crippen molar-refractivity contribution in [2.24, 2.45) is 0 Å². The highest BCUT2D eigenvalue weighted by atomic mass is 35.5. The second kappa shape index (κ2) is 9.39. The maximum atomic E-state index is 13.0. The number of carbonyl (C=O) groups is 1. The van der Waals surface area contributed by atoms with Crippen molar-refractivity contribution in [3.63, 3.8) is 0 Å². The molecule has 2 heterocycles. The molecule has 7 nitrogen and oxygen atoms in total. The Kier molecular flexibility index (Phi) is 7.21. The third-order valence-electron chi connectivity index (χ3n) is 3.76. The Morgan fingerprint density at radius 3 is 2.72 bits per heavy atom. The Bertz CT molecular complexity index is 675. The zero-order chi connectivity index (χ0) is 18.2. The number of methoxy groups -OCH3 is 1. The van der Waals surface area contributed by atoms with Crippen LogP contribution in [0.5, 0.6) is 0 Å². The van der Waals surface area contributed by atoms with Crippen molar-refractivity contribution in [3.05, 3.63) is 41.1 Å². The Morgan fingerprint density at radius 1 is 1.36 bits per heavy atom. The lowest BCUT2D eigenvalue weighted by atomic mass is 10.3. The number of hydrogen-bond acceptors (Lipinski definition) is 6. The standard InChI is InChI=1S/C17H23ClN4O3/c1-4-21(5-2)17-19-11-14(18)15(20-17)16(23)22(8-10-24-3)12-13-7-6-9-25-13/h6-7,9,11H,4-5,8,10,12H2,1-3H3. The lowest BCUT2D eigenvalue weighted by Gasteiger charge is -2.23. The Morgan fingerprint density at radius 2 is 2.12 bits per heavy atom. The molecule has 0 bridgehead atoms. The summed E-state index contributed by atoms with van der Waals surface area (Å²) in [5, 5.41) is 0.225. The zero-order valence-electron chi connectivity index (χ0n) is 14.7. The molecule has 0 atom stereocenters. The van der Waals surface area contributed by atoms with Crippen molar-refractivity contribution < 1.29 is 13.9 Å². The van der Waals surface area contributed by atoms with Crippen molar-refractivity contribution in [1.29, 1.82) is 0 Å². The van der Waals surface area contributed by atoms with Gasteiger partial charge in [0.2, 0.25) is 5.95 Å². The van der Waals surface area contributed by atoms with Crippen LogP contribution in [0.1, 0.15) is 30.1 Å². The first kappa shape index (κ1) is 19.2. The summed E-state index contributed by atoms with van der Waals surface area (Å²) in [5.41, 5.74) is 0.182. The van der Waals surface area contributed by atoms with E-state index in [1.165, 1.54) is 6.20 Å². The van der Waals surface area contributed by atoms with E-state index in [2.05, 4.69) is 9.97 Å². The lowest BCUT2D eigenvalue weighted by Crippen LogP contribution is -2.34. The van der Waals surface area contributed by atoms with E-state index >= 15 is 0 Å². The molecule has 8 heteroatoms. The molecule has 0 aliphatic rings. The predicted octanol–water partition coefficient (Wildman–Crippen LogP) is 2.86. The molecule has 0 saturated heterocycles. The van der Waals surface area contributed by atoms with Crippen molar-refractivity contribution in [3.8, 4) is 0 Å². The fourth-order valence-corrected chi connectivity index (χ4v) is 2.53. The van der Waals surface area contributed by atoms with Gasteiger partial charge in [-0.3, -0.25) is 4.79 Å². The molecular formula is C17H23ClN4O3. The van der Waals surface area contributed by atoms with Crippen LogP contribution in [0.15, 0.2) is 29.0 Å². The van der Waals surface area contributed by atoms with E-state index in [0.29, 0.717) is 31.4 Å². The van der Waals surface area contributed by atoms with Gasteiger partial charge < -0.3 is 19.0 Å². The molecule has 0 N–H and O–H groups in total. The van der Waals surface area contributed by atoms with E-state index in [-0.39, 0.29) is 16.6 Å². The maximum Gasteiger partial charge on any atom is 0.274 e. The van der Waals surface area contributed by atoms with E-state index in [4.69, 9.17) is 20.8 Å². The molecule has 0 radical (unpaired) electrons. The fraction of sp³-hybridized carbons (Fsp3) is 0.471. The molecule has 2 aromatic rings. The molecule has 25 heavy (non-hydrogen) atoms. The first-order chi connectivity index (χ1) is 12.1. The van der Waals surface area contributed by atoms with Crippen LogP contribution in [0.25, 0.3) is 0 Å². The van der Waals surface area contributed by atoms with Crippen molar-refractivity contribution in [1.82, 2.24) is 14.9 Å². The van der Waals surface area contributed by atoms with Gasteiger partial charge in [-0.15, -0.1) is 0 Å². The second-order valence-corrected chi connectivity index (χ2v) is 5.74. The van der Waals surface area contributed by atoms with Gasteiger partial charge in [0, 0.05) is 26.7 Å². The zero-order valence-corrected chi connectivity index (χ0v) is 15.5. The molecular weight excluding hydrogens is 344 g/mol. The van der Waals surface area contributed by atoms with Crippen LogP contribution < -0.4 is 4.90 Å². The van der Waals surface area contributed by atoms with Crippen LogP contribution in [0.4, 0.5) is 5.95 Å². The minimum absolute atomic E-state index is 0.182. The quantitative estimate of drug-likeness (QED) is 0.679. The van der Waals surface area contributed by atoms with Gasteiger partial charge in [-0.2, -0.15) is 0 Å². The molecule has 0 spiro atoms. The Balaban J connectivity index is 2.28. The first-order valence-electron chi connectivity index (χ1n) is 8.18. The van der Waals surface area contributed by atoms with Gasteiger partial charge in [-0.05, 0) is 26.0 Å². The topological polar surface area (TPSA) is 71.7 Å². The van der Waals surface area contributed by atoms with E-state index in [1.54, 1.807) is 24.3 Å². The van der Waals surface area contributed by atoms with Gasteiger partial charge >= 0.3 is 0 Å². The van der Waals surface area contributed by atoms with Gasteiger partial charge in [-0.1, -0.05) is 11.6 Å². The van der Waals surface area contributed by atoms with Crippen LogP contribution in [0.2, 0.25) is 5.02 Å². The summed E-state index contributed by atoms with van der Waals surface area (Å²) in [5.74, 6) is 0.885. The number of aromatic nitrogens is 2. The monoisotopic (exact) mass is 366 g/mol. The van der Waals surface area contributed by atoms with Gasteiger partial charge in [0.15, 0.2) is 5.69 Å². The molecule has 0 aliphatic carbocycles. The molecule has 1 amide bonds. The van der Waals surface area contributed by atoms with Gasteiger partial charge in [-0.25, -0.2) is 9.97 Å². The highest BCUT2D eigenvalue weighted by molar-refractivity contribution is 6.33. The molecule has 2 rings (SSSR count). The predicted molar refractivity (Wildman–Crippen MR) is 95.9 cm³/mol. The minimum Gasteiger partial charge on any atom is -0.467 e. The Labute approximate surface area is 152 Å². The third-order valence-corrected chi connectivity index (χ3v) is 4.04. The second-order valence-electron chi connectivity index (χ2n) is 5.34. The van der Waals surface area contributed by atoms with Crippen molar-refractivity contribution >= 4 is 23.5 Å². The summed E-state index contributed by atoms with van der Waals surface area (Å²) < 4.78 is 10.5. The minimum atomic E-state index is -0.283. The van der Waals surface area contributed by atoms with E-state index in [0.717, 1.165) is 13.1 Å². The number of anilines is 1. The summed E-state index contributed by atoms with van der Waals surface area (Å²) in [7, 11) is 1.59. The number of hydrogen-bond donors (Lipinski definition) is 0. The number of carbonyl (C=O) groups excluding carboxylic acids is 1. The molecule has 0 fully saturated rings. The number of halogens is 1. The molecule has 0 unspecified atom stereocenters. The van der Waals surface area contributed by atoms with E-state index < -0.39 is 0 Å². The third kappa shape index (κ3) is 4.93. The SMILES string of the molecule is CCN(CC)c1ncc(Cl)c(C(=O)N(CCOC)Cc2ccco2)n1. The number of furan rings is 1. The van der Waals surface area contributed by atoms with Gasteiger partial charge in [0.25, 0.3) is 5.91 Å². The lowest BCUT2D eigenvalue weighted by molar-refractivity contribution is 0.0661. The molecule has 2 aromatic heterocycles. The van der Waals surface area contributed by atoms with E-state index in [1.807, 2.05) is 24.8 Å². The molecule has 136 valence electrons. The largest absolute Gasteiger partial charge is 0.467 e. The number of ether oxygens (including phenoxy) is 1. The Hall–Kier alpha value is -2.12. The summed E-state index contributed by atoms with van der Waals surface area (Å²) in [6.07, 6.45) is 3.04.